The summed E-state index contributed by atoms with van der Waals surface area (Å²) >= 11 is 0. The van der Waals surface area contributed by atoms with Crippen molar-refractivity contribution < 1.29 is 9.53 Å². The standard InChI is InChI=1S/C28H38N2O2/c1-7-32-27(31)25-11-8-10-24(19-25)14-17-30(6)16-9-15-28(20-29,21(2)3)26-13-12-22(4)23(5)18-26/h8,10-13,18-19,21H,7,9,14-17H2,1-6H3. The molecule has 2 aromatic carbocycles. The second-order valence-corrected chi connectivity index (χ2v) is 9.11. The molecular formula is C28H38N2O2. The number of benzene rings is 2. The Labute approximate surface area is 194 Å². The molecule has 1 atom stereocenters. The van der Waals surface area contributed by atoms with Gasteiger partial charge in [0.15, 0.2) is 0 Å². The van der Waals surface area contributed by atoms with E-state index in [9.17, 15) is 10.1 Å². The average Bonchev–Trinajstić information content (AvgIpc) is 2.77. The van der Waals surface area contributed by atoms with E-state index in [1.807, 2.05) is 19.1 Å². The molecule has 1 unspecified atom stereocenters. The number of carbonyl (C=O) groups excluding carboxylic acids is 1. The normalized spacial score (nSPS) is 13.1. The molecule has 0 saturated heterocycles. The molecule has 172 valence electrons. The highest BCUT2D eigenvalue weighted by atomic mass is 16.5. The molecule has 0 aliphatic heterocycles. The summed E-state index contributed by atoms with van der Waals surface area (Å²) in [4.78, 5) is 14.3. The first-order valence-corrected chi connectivity index (χ1v) is 11.7. The monoisotopic (exact) mass is 434 g/mol. The van der Waals surface area contributed by atoms with E-state index in [0.29, 0.717) is 12.2 Å². The second-order valence-electron chi connectivity index (χ2n) is 9.11. The minimum atomic E-state index is -0.465. The van der Waals surface area contributed by atoms with Crippen LogP contribution in [0.1, 0.15) is 66.2 Å². The number of carbonyl (C=O) groups is 1. The molecule has 0 heterocycles. The van der Waals surface area contributed by atoms with Crippen molar-refractivity contribution in [3.8, 4) is 6.07 Å². The van der Waals surface area contributed by atoms with Gasteiger partial charge in [0.2, 0.25) is 0 Å². The van der Waals surface area contributed by atoms with E-state index >= 15 is 0 Å². The van der Waals surface area contributed by atoms with Crippen molar-refractivity contribution in [3.05, 3.63) is 70.3 Å². The van der Waals surface area contributed by atoms with Gasteiger partial charge in [-0.1, -0.05) is 44.2 Å². The van der Waals surface area contributed by atoms with Crippen LogP contribution in [0.15, 0.2) is 42.5 Å². The molecule has 0 aliphatic rings. The maximum atomic E-state index is 12.0. The zero-order valence-corrected chi connectivity index (χ0v) is 20.6. The number of hydrogen-bond donors (Lipinski definition) is 0. The number of aryl methyl sites for hydroxylation is 2. The number of rotatable bonds is 11. The molecule has 0 radical (unpaired) electrons. The number of ether oxygens (including phenoxy) is 1. The van der Waals surface area contributed by atoms with Crippen LogP contribution in [0.4, 0.5) is 0 Å². The molecule has 0 spiro atoms. The number of hydrogen-bond acceptors (Lipinski definition) is 4. The van der Waals surface area contributed by atoms with Gasteiger partial charge in [0.1, 0.15) is 0 Å². The van der Waals surface area contributed by atoms with Crippen LogP contribution in [0.5, 0.6) is 0 Å². The van der Waals surface area contributed by atoms with Crippen molar-refractivity contribution in [3.63, 3.8) is 0 Å². The lowest BCUT2D eigenvalue weighted by molar-refractivity contribution is 0.0526. The Hall–Kier alpha value is -2.64. The van der Waals surface area contributed by atoms with E-state index in [1.165, 1.54) is 11.1 Å². The highest BCUT2D eigenvalue weighted by molar-refractivity contribution is 5.89. The van der Waals surface area contributed by atoms with Gasteiger partial charge in [-0.05, 0) is 93.9 Å². The minimum Gasteiger partial charge on any atom is -0.462 e. The summed E-state index contributed by atoms with van der Waals surface area (Å²) < 4.78 is 5.10. The summed E-state index contributed by atoms with van der Waals surface area (Å²) in [5.41, 5.74) is 4.91. The summed E-state index contributed by atoms with van der Waals surface area (Å²) in [5.74, 6) is -0.0268. The molecule has 2 rings (SSSR count). The minimum absolute atomic E-state index is 0.241. The first-order valence-electron chi connectivity index (χ1n) is 11.7. The predicted molar refractivity (Wildman–Crippen MR) is 131 cm³/mol. The predicted octanol–water partition coefficient (Wildman–Crippen LogP) is 5.85. The first-order chi connectivity index (χ1) is 15.2. The highest BCUT2D eigenvalue weighted by Crippen LogP contribution is 2.37. The number of nitriles is 1. The lowest BCUT2D eigenvalue weighted by atomic mass is 9.69. The van der Waals surface area contributed by atoms with Gasteiger partial charge in [-0.15, -0.1) is 0 Å². The molecule has 0 aromatic heterocycles. The van der Waals surface area contributed by atoms with Gasteiger partial charge >= 0.3 is 5.97 Å². The van der Waals surface area contributed by atoms with Crippen molar-refractivity contribution in [1.29, 1.82) is 5.26 Å². The topological polar surface area (TPSA) is 53.3 Å². The SMILES string of the molecule is CCOC(=O)c1cccc(CCN(C)CCCC(C#N)(c2ccc(C)c(C)c2)C(C)C)c1. The van der Waals surface area contributed by atoms with Gasteiger partial charge < -0.3 is 9.64 Å². The van der Waals surface area contributed by atoms with Gasteiger partial charge in [0, 0.05) is 6.54 Å². The van der Waals surface area contributed by atoms with Crippen molar-refractivity contribution >= 4 is 5.97 Å². The summed E-state index contributed by atoms with van der Waals surface area (Å²) in [5, 5.41) is 10.2. The van der Waals surface area contributed by atoms with Crippen LogP contribution in [-0.4, -0.2) is 37.6 Å². The Morgan fingerprint density at radius 1 is 1.12 bits per heavy atom. The summed E-state index contributed by atoms with van der Waals surface area (Å²) in [6.07, 6.45) is 2.67. The molecule has 4 heteroatoms. The van der Waals surface area contributed by atoms with Gasteiger partial charge in [-0.25, -0.2) is 4.79 Å². The molecule has 2 aromatic rings. The van der Waals surface area contributed by atoms with E-state index < -0.39 is 5.41 Å². The Bertz CT molecular complexity index is 945. The smallest absolute Gasteiger partial charge is 0.338 e. The Morgan fingerprint density at radius 3 is 2.50 bits per heavy atom. The van der Waals surface area contributed by atoms with Crippen LogP contribution < -0.4 is 0 Å². The van der Waals surface area contributed by atoms with Crippen molar-refractivity contribution in [1.82, 2.24) is 4.90 Å². The van der Waals surface area contributed by atoms with E-state index in [0.717, 1.165) is 43.5 Å². The number of nitrogens with zero attached hydrogens (tertiary/aromatic N) is 2. The third-order valence-electron chi connectivity index (χ3n) is 6.54. The Morgan fingerprint density at radius 2 is 1.88 bits per heavy atom. The molecule has 0 N–H and O–H groups in total. The van der Waals surface area contributed by atoms with Crippen LogP contribution >= 0.6 is 0 Å². The fourth-order valence-electron chi connectivity index (χ4n) is 4.16. The fraction of sp³-hybridized carbons (Fsp3) is 0.500. The average molecular weight is 435 g/mol. The molecule has 0 fully saturated rings. The van der Waals surface area contributed by atoms with Crippen LogP contribution in [0.25, 0.3) is 0 Å². The third kappa shape index (κ3) is 6.43. The molecule has 0 amide bonds. The molecule has 0 aliphatic carbocycles. The van der Waals surface area contributed by atoms with Gasteiger partial charge in [-0.2, -0.15) is 5.26 Å². The summed E-state index contributed by atoms with van der Waals surface area (Å²) in [6.45, 7) is 12.6. The maximum Gasteiger partial charge on any atom is 0.338 e. The molecule has 0 bridgehead atoms. The third-order valence-corrected chi connectivity index (χ3v) is 6.54. The van der Waals surface area contributed by atoms with Gasteiger partial charge in [0.25, 0.3) is 0 Å². The van der Waals surface area contributed by atoms with Crippen molar-refractivity contribution in [2.45, 2.75) is 59.3 Å². The second kappa shape index (κ2) is 11.8. The van der Waals surface area contributed by atoms with Crippen LogP contribution in [0, 0.1) is 31.1 Å². The molecular weight excluding hydrogens is 396 g/mol. The molecule has 0 saturated carbocycles. The quantitative estimate of drug-likeness (QED) is 0.416. The summed E-state index contributed by atoms with van der Waals surface area (Å²) in [6, 6.07) is 16.8. The van der Waals surface area contributed by atoms with Crippen LogP contribution in [0.2, 0.25) is 0 Å². The lowest BCUT2D eigenvalue weighted by Crippen LogP contribution is -2.32. The van der Waals surface area contributed by atoms with Crippen LogP contribution in [0.3, 0.4) is 0 Å². The molecule has 32 heavy (non-hydrogen) atoms. The summed E-state index contributed by atoms with van der Waals surface area (Å²) in [7, 11) is 2.12. The largest absolute Gasteiger partial charge is 0.462 e. The first kappa shape index (κ1) is 25.6. The highest BCUT2D eigenvalue weighted by Gasteiger charge is 2.35. The number of likely N-dealkylation sites (N-methyl/N-ethyl adjacent to an activating group) is 1. The zero-order valence-electron chi connectivity index (χ0n) is 20.6. The molecule has 4 nitrogen and oxygen atoms in total. The van der Waals surface area contributed by atoms with Crippen molar-refractivity contribution in [2.24, 2.45) is 5.92 Å². The van der Waals surface area contributed by atoms with E-state index in [-0.39, 0.29) is 11.9 Å². The van der Waals surface area contributed by atoms with E-state index in [1.54, 1.807) is 6.07 Å². The van der Waals surface area contributed by atoms with Gasteiger partial charge in [-0.3, -0.25) is 0 Å². The Balaban J connectivity index is 1.96. The number of esters is 1. The van der Waals surface area contributed by atoms with E-state index in [4.69, 9.17) is 4.74 Å². The van der Waals surface area contributed by atoms with Gasteiger partial charge in [0.05, 0.1) is 23.7 Å². The fourth-order valence-corrected chi connectivity index (χ4v) is 4.16. The lowest BCUT2D eigenvalue weighted by Gasteiger charge is -2.32. The van der Waals surface area contributed by atoms with E-state index in [2.05, 4.69) is 70.0 Å². The Kier molecular flexibility index (Phi) is 9.47. The van der Waals surface area contributed by atoms with Crippen molar-refractivity contribution in [2.75, 3.05) is 26.7 Å². The van der Waals surface area contributed by atoms with Crippen LogP contribution in [-0.2, 0) is 16.6 Å². The maximum absolute atomic E-state index is 12.0. The zero-order chi connectivity index (χ0) is 23.7.